The summed E-state index contributed by atoms with van der Waals surface area (Å²) in [6.45, 7) is 3.22. The molecule has 0 bridgehead atoms. The predicted molar refractivity (Wildman–Crippen MR) is 142 cm³/mol. The number of Topliss-reactive ketones (excluding diaryl/α,β-unsaturated/α-hetero) is 1. The molecule has 41 heavy (non-hydrogen) atoms. The van der Waals surface area contributed by atoms with Crippen molar-refractivity contribution in [2.45, 2.75) is 56.9 Å². The summed E-state index contributed by atoms with van der Waals surface area (Å²) in [6.07, 6.45) is -3.60. The van der Waals surface area contributed by atoms with E-state index in [1.807, 2.05) is 0 Å². The maximum absolute atomic E-state index is 16.0. The Balaban J connectivity index is 1.62. The van der Waals surface area contributed by atoms with Crippen LogP contribution in [-0.4, -0.2) is 86.1 Å². The first-order valence-electron chi connectivity index (χ1n) is 12.5. The molecule has 1 aliphatic heterocycles. The highest BCUT2D eigenvalue weighted by Gasteiger charge is 2.57. The maximum atomic E-state index is 16.0. The molecule has 0 radical (unpaired) electrons. The van der Waals surface area contributed by atoms with Gasteiger partial charge in [0.2, 0.25) is 10.9 Å². The zero-order valence-corrected chi connectivity index (χ0v) is 23.4. The van der Waals surface area contributed by atoms with Crippen molar-refractivity contribution in [2.75, 3.05) is 26.1 Å². The number of carbonyl (C=O) groups is 3. The molecule has 1 saturated heterocycles. The SMILES string of the molecule is CCOC(=O)C(Cc1ccc(C(=O)OC)cc1)(OC[C@H]1O[C@@H](n2cnc3c(N)nc(Cl)nc32)[C@](C)(F)[C@@H]1O)C(C)=O. The molecule has 220 valence electrons. The number of alkyl halides is 1. The lowest BCUT2D eigenvalue weighted by Gasteiger charge is -2.31. The molecule has 1 aliphatic rings. The molecule has 1 aromatic carbocycles. The van der Waals surface area contributed by atoms with Gasteiger partial charge in [-0.2, -0.15) is 9.97 Å². The van der Waals surface area contributed by atoms with Crippen molar-refractivity contribution in [3.05, 3.63) is 47.0 Å². The number of nitrogens with zero attached hydrogens (tertiary/aromatic N) is 4. The number of methoxy groups -OCH3 is 1. The second kappa shape index (κ2) is 11.6. The van der Waals surface area contributed by atoms with E-state index in [0.29, 0.717) is 5.56 Å². The Kier molecular flexibility index (Phi) is 8.59. The van der Waals surface area contributed by atoms with E-state index in [9.17, 15) is 19.5 Å². The van der Waals surface area contributed by atoms with Crippen molar-refractivity contribution >= 4 is 46.3 Å². The van der Waals surface area contributed by atoms with Gasteiger partial charge in [-0.1, -0.05) is 12.1 Å². The fourth-order valence-electron chi connectivity index (χ4n) is 4.62. The number of ether oxygens (including phenoxy) is 4. The zero-order valence-electron chi connectivity index (χ0n) is 22.7. The first-order chi connectivity index (χ1) is 19.3. The quantitative estimate of drug-likeness (QED) is 0.199. The van der Waals surface area contributed by atoms with E-state index in [1.54, 1.807) is 6.92 Å². The zero-order chi connectivity index (χ0) is 30.1. The number of rotatable bonds is 10. The minimum atomic E-state index is -2.40. The monoisotopic (exact) mass is 593 g/mol. The Morgan fingerprint density at radius 1 is 1.27 bits per heavy atom. The third kappa shape index (κ3) is 5.60. The van der Waals surface area contributed by atoms with Gasteiger partial charge in [0.25, 0.3) is 0 Å². The van der Waals surface area contributed by atoms with Crippen LogP contribution in [0.5, 0.6) is 0 Å². The first kappa shape index (κ1) is 30.2. The fraction of sp³-hybridized carbons (Fsp3) is 0.462. The number of carbonyl (C=O) groups excluding carboxylic acids is 3. The number of benzene rings is 1. The number of hydrogen-bond donors (Lipinski definition) is 2. The molecule has 3 heterocycles. The van der Waals surface area contributed by atoms with E-state index in [4.69, 9.17) is 36.3 Å². The van der Waals surface area contributed by atoms with Gasteiger partial charge in [0.1, 0.15) is 17.7 Å². The number of aromatic nitrogens is 4. The van der Waals surface area contributed by atoms with Crippen LogP contribution >= 0.6 is 11.6 Å². The largest absolute Gasteiger partial charge is 0.465 e. The first-order valence-corrected chi connectivity index (χ1v) is 12.9. The molecular formula is C26H29ClFN5O8. The number of nitrogens with two attached hydrogens (primary N) is 1. The Morgan fingerprint density at radius 3 is 2.56 bits per heavy atom. The minimum absolute atomic E-state index is 0.0296. The topological polar surface area (TPSA) is 178 Å². The lowest BCUT2D eigenvalue weighted by molar-refractivity contribution is -0.183. The van der Waals surface area contributed by atoms with Crippen LogP contribution in [0.2, 0.25) is 5.28 Å². The van der Waals surface area contributed by atoms with Gasteiger partial charge in [0.15, 0.2) is 29.1 Å². The molecule has 0 aliphatic carbocycles. The predicted octanol–water partition coefficient (Wildman–Crippen LogP) is 1.99. The summed E-state index contributed by atoms with van der Waals surface area (Å²) < 4.78 is 38.8. The summed E-state index contributed by atoms with van der Waals surface area (Å²) in [5, 5.41) is 10.7. The van der Waals surface area contributed by atoms with Gasteiger partial charge in [-0.3, -0.25) is 9.36 Å². The van der Waals surface area contributed by atoms with Crippen molar-refractivity contribution in [2.24, 2.45) is 0 Å². The van der Waals surface area contributed by atoms with Crippen LogP contribution in [-0.2, 0) is 35.0 Å². The summed E-state index contributed by atoms with van der Waals surface area (Å²) in [7, 11) is 1.24. The Hall–Kier alpha value is -3.72. The molecule has 1 unspecified atom stereocenters. The highest BCUT2D eigenvalue weighted by molar-refractivity contribution is 6.28. The van der Waals surface area contributed by atoms with Crippen molar-refractivity contribution in [3.63, 3.8) is 0 Å². The lowest BCUT2D eigenvalue weighted by Crippen LogP contribution is -2.53. The number of nitrogen functional groups attached to an aromatic ring is 1. The number of aliphatic hydroxyl groups is 1. The van der Waals surface area contributed by atoms with Crippen LogP contribution in [0, 0.1) is 0 Å². The summed E-state index contributed by atoms with van der Waals surface area (Å²) in [5.41, 5.74) is 2.23. The smallest absolute Gasteiger partial charge is 0.346 e. The summed E-state index contributed by atoms with van der Waals surface area (Å²) in [6, 6.07) is 6.01. The van der Waals surface area contributed by atoms with Crippen LogP contribution in [0.4, 0.5) is 10.2 Å². The van der Waals surface area contributed by atoms with E-state index in [-0.39, 0.29) is 40.9 Å². The van der Waals surface area contributed by atoms with Crippen molar-refractivity contribution < 1.29 is 42.8 Å². The van der Waals surface area contributed by atoms with E-state index >= 15 is 4.39 Å². The Labute approximate surface area is 238 Å². The van der Waals surface area contributed by atoms with Gasteiger partial charge in [0, 0.05) is 6.42 Å². The molecule has 3 aromatic rings. The molecule has 1 fully saturated rings. The average molecular weight is 594 g/mol. The van der Waals surface area contributed by atoms with E-state index in [0.717, 1.165) is 13.8 Å². The summed E-state index contributed by atoms with van der Waals surface area (Å²) in [5.74, 6) is -2.26. The minimum Gasteiger partial charge on any atom is -0.465 e. The van der Waals surface area contributed by atoms with Gasteiger partial charge in [-0.25, -0.2) is 19.0 Å². The van der Waals surface area contributed by atoms with Crippen molar-refractivity contribution in [3.8, 4) is 0 Å². The number of esters is 2. The standard InChI is InChI=1S/C26H29ClFN5O8/c1-5-39-23(37)26(13(2)34,10-14-6-8-15(9-7-14)21(36)38-4)40-11-16-18(35)25(3,28)22(41-16)33-12-30-17-19(29)31-24(27)32-20(17)33/h6-9,12,16,18,22,35H,5,10-11H2,1-4H3,(H2,29,31,32)/t16-,18-,22-,25-,26?/m1/s1. The summed E-state index contributed by atoms with van der Waals surface area (Å²) >= 11 is 5.92. The average Bonchev–Trinajstić information content (AvgIpc) is 3.44. The number of imidazole rings is 1. The second-order valence-electron chi connectivity index (χ2n) is 9.60. The van der Waals surface area contributed by atoms with E-state index in [1.165, 1.54) is 42.3 Å². The van der Waals surface area contributed by atoms with Crippen LogP contribution in [0.3, 0.4) is 0 Å². The number of hydrogen-bond acceptors (Lipinski definition) is 12. The maximum Gasteiger partial charge on any atom is 0.346 e. The molecule has 3 N–H and O–H groups in total. The van der Waals surface area contributed by atoms with Crippen molar-refractivity contribution in [1.29, 1.82) is 0 Å². The third-order valence-corrected chi connectivity index (χ3v) is 7.06. The molecule has 0 amide bonds. The van der Waals surface area contributed by atoms with Crippen LogP contribution in [0.1, 0.15) is 42.9 Å². The van der Waals surface area contributed by atoms with Crippen molar-refractivity contribution in [1.82, 2.24) is 19.5 Å². The molecule has 0 saturated carbocycles. The number of ketones is 1. The third-order valence-electron chi connectivity index (χ3n) is 6.89. The molecule has 13 nitrogen and oxygen atoms in total. The Morgan fingerprint density at radius 2 is 1.95 bits per heavy atom. The molecule has 2 aromatic heterocycles. The molecular weight excluding hydrogens is 565 g/mol. The van der Waals surface area contributed by atoms with Crippen LogP contribution in [0.25, 0.3) is 11.2 Å². The number of aliphatic hydroxyl groups excluding tert-OH is 1. The number of halogens is 2. The summed E-state index contributed by atoms with van der Waals surface area (Å²) in [4.78, 5) is 49.9. The Bertz CT molecular complexity index is 1470. The molecule has 15 heteroatoms. The van der Waals surface area contributed by atoms with E-state index in [2.05, 4.69) is 15.0 Å². The van der Waals surface area contributed by atoms with E-state index < -0.39 is 54.0 Å². The van der Waals surface area contributed by atoms with Crippen LogP contribution in [0.15, 0.2) is 30.6 Å². The fourth-order valence-corrected chi connectivity index (χ4v) is 4.79. The van der Waals surface area contributed by atoms with Gasteiger partial charge < -0.3 is 29.8 Å². The normalized spacial score (nSPS) is 23.7. The molecule has 4 rings (SSSR count). The van der Waals surface area contributed by atoms with Gasteiger partial charge in [-0.15, -0.1) is 0 Å². The van der Waals surface area contributed by atoms with Gasteiger partial charge in [0.05, 0.1) is 32.2 Å². The second-order valence-corrected chi connectivity index (χ2v) is 9.94. The number of fused-ring (bicyclic) bond motifs is 1. The lowest BCUT2D eigenvalue weighted by atomic mass is 9.89. The highest BCUT2D eigenvalue weighted by Crippen LogP contribution is 2.43. The van der Waals surface area contributed by atoms with Gasteiger partial charge >= 0.3 is 11.9 Å². The highest BCUT2D eigenvalue weighted by atomic mass is 35.5. The van der Waals surface area contributed by atoms with Gasteiger partial charge in [-0.05, 0) is 50.1 Å². The number of anilines is 1. The van der Waals surface area contributed by atoms with Crippen LogP contribution < -0.4 is 5.73 Å². The molecule has 5 atom stereocenters. The molecule has 0 spiro atoms.